The lowest BCUT2D eigenvalue weighted by Gasteiger charge is -2.21. The molecule has 0 saturated heterocycles. The summed E-state index contributed by atoms with van der Waals surface area (Å²) >= 11 is 0. The van der Waals surface area contributed by atoms with Gasteiger partial charge in [-0.3, -0.25) is 0 Å². The van der Waals surface area contributed by atoms with Crippen LogP contribution in [0.2, 0.25) is 0 Å². The molecule has 1 N–H and O–H groups in total. The number of nitrogens with one attached hydrogen (secondary N) is 1. The van der Waals surface area contributed by atoms with Gasteiger partial charge in [0.15, 0.2) is 0 Å². The van der Waals surface area contributed by atoms with Crippen LogP contribution in [0.1, 0.15) is 50.5 Å². The summed E-state index contributed by atoms with van der Waals surface area (Å²) in [4.78, 5) is 0. The molecule has 0 amide bonds. The Morgan fingerprint density at radius 2 is 1.79 bits per heavy atom. The van der Waals surface area contributed by atoms with Crippen molar-refractivity contribution in [1.82, 2.24) is 5.32 Å². The fourth-order valence-corrected chi connectivity index (χ4v) is 2.70. The highest BCUT2D eigenvalue weighted by Gasteiger charge is 2.10. The van der Waals surface area contributed by atoms with E-state index in [9.17, 15) is 0 Å². The van der Waals surface area contributed by atoms with E-state index in [0.29, 0.717) is 6.04 Å². The molecule has 1 fully saturated rings. The molecule has 1 aromatic rings. The minimum absolute atomic E-state index is 0. The molecular weight excluding hydrogens is 258 g/mol. The van der Waals surface area contributed by atoms with Crippen LogP contribution in [0.25, 0.3) is 0 Å². The zero-order valence-corrected chi connectivity index (χ0v) is 12.7. The molecule has 0 heterocycles. The summed E-state index contributed by atoms with van der Waals surface area (Å²) in [5, 5.41) is 3.70. The van der Waals surface area contributed by atoms with E-state index in [1.54, 1.807) is 7.11 Å². The van der Waals surface area contributed by atoms with Crippen molar-refractivity contribution in [1.29, 1.82) is 0 Å². The Balaban J connectivity index is 0.00000180. The third kappa shape index (κ3) is 5.84. The van der Waals surface area contributed by atoms with Gasteiger partial charge in [0.25, 0.3) is 0 Å². The van der Waals surface area contributed by atoms with E-state index in [1.165, 1.54) is 50.5 Å². The number of hydrogen-bond donors (Lipinski definition) is 1. The molecule has 1 saturated carbocycles. The van der Waals surface area contributed by atoms with E-state index < -0.39 is 0 Å². The number of halogens is 1. The van der Waals surface area contributed by atoms with Crippen molar-refractivity contribution in [3.05, 3.63) is 29.8 Å². The summed E-state index contributed by atoms with van der Waals surface area (Å²) in [5.74, 6) is 0.951. The van der Waals surface area contributed by atoms with Gasteiger partial charge >= 0.3 is 0 Å². The molecule has 0 radical (unpaired) electrons. The Labute approximate surface area is 123 Å². The average Bonchev–Trinajstić information content (AvgIpc) is 2.38. The van der Waals surface area contributed by atoms with Gasteiger partial charge in [-0.05, 0) is 30.5 Å². The summed E-state index contributed by atoms with van der Waals surface area (Å²) in [6.07, 6.45) is 9.71. The van der Waals surface area contributed by atoms with E-state index in [-0.39, 0.29) is 12.4 Å². The zero-order chi connectivity index (χ0) is 12.6. The predicted molar refractivity (Wildman–Crippen MR) is 83.2 cm³/mol. The second kappa shape index (κ2) is 9.22. The van der Waals surface area contributed by atoms with Gasteiger partial charge in [0.2, 0.25) is 0 Å². The van der Waals surface area contributed by atoms with Crippen LogP contribution < -0.4 is 10.1 Å². The minimum atomic E-state index is 0. The minimum Gasteiger partial charge on any atom is -0.497 e. The zero-order valence-electron chi connectivity index (χ0n) is 11.9. The summed E-state index contributed by atoms with van der Waals surface area (Å²) in [6, 6.07) is 9.05. The molecule has 2 nitrogen and oxygen atoms in total. The molecule has 2 rings (SSSR count). The Morgan fingerprint density at radius 1 is 1.11 bits per heavy atom. The Morgan fingerprint density at radius 3 is 2.47 bits per heavy atom. The van der Waals surface area contributed by atoms with Gasteiger partial charge < -0.3 is 10.1 Å². The van der Waals surface area contributed by atoms with Crippen LogP contribution in [0.3, 0.4) is 0 Å². The molecule has 0 unspecified atom stereocenters. The first-order valence-corrected chi connectivity index (χ1v) is 7.25. The Hall–Kier alpha value is -0.730. The standard InChI is InChI=1S/C16H25NO.ClH/c1-18-16-11-7-8-14(12-16)13-17-15-9-5-3-2-4-6-10-15;/h7-8,11-12,15,17H,2-6,9-10,13H2,1H3;1H. The predicted octanol–water partition coefficient (Wildman–Crippen LogP) is 4.32. The molecule has 0 atom stereocenters. The highest BCUT2D eigenvalue weighted by Crippen LogP contribution is 2.18. The smallest absolute Gasteiger partial charge is 0.119 e. The topological polar surface area (TPSA) is 21.3 Å². The first-order chi connectivity index (χ1) is 8.88. The third-order valence-corrected chi connectivity index (χ3v) is 3.83. The molecule has 3 heteroatoms. The van der Waals surface area contributed by atoms with Crippen LogP contribution in [-0.2, 0) is 6.54 Å². The van der Waals surface area contributed by atoms with Crippen molar-refractivity contribution in [2.45, 2.75) is 57.5 Å². The molecule has 0 aromatic heterocycles. The average molecular weight is 284 g/mol. The van der Waals surface area contributed by atoms with Crippen LogP contribution in [0.5, 0.6) is 5.75 Å². The van der Waals surface area contributed by atoms with Gasteiger partial charge in [0, 0.05) is 12.6 Å². The summed E-state index contributed by atoms with van der Waals surface area (Å²) in [7, 11) is 1.72. The van der Waals surface area contributed by atoms with E-state index in [2.05, 4.69) is 23.5 Å². The maximum atomic E-state index is 5.26. The Kier molecular flexibility index (Phi) is 7.92. The second-order valence-corrected chi connectivity index (χ2v) is 5.27. The molecular formula is C16H26ClNO. The molecule has 0 aliphatic heterocycles. The van der Waals surface area contributed by atoms with Gasteiger partial charge in [-0.2, -0.15) is 0 Å². The van der Waals surface area contributed by atoms with Crippen LogP contribution in [0.4, 0.5) is 0 Å². The van der Waals surface area contributed by atoms with Crippen molar-refractivity contribution in [3.63, 3.8) is 0 Å². The van der Waals surface area contributed by atoms with Crippen LogP contribution in [0.15, 0.2) is 24.3 Å². The molecule has 19 heavy (non-hydrogen) atoms. The molecule has 1 aliphatic rings. The van der Waals surface area contributed by atoms with Crippen molar-refractivity contribution in [3.8, 4) is 5.75 Å². The SMILES string of the molecule is COc1cccc(CNC2CCCCCCC2)c1.Cl. The highest BCUT2D eigenvalue weighted by atomic mass is 35.5. The van der Waals surface area contributed by atoms with E-state index >= 15 is 0 Å². The lowest BCUT2D eigenvalue weighted by atomic mass is 9.96. The van der Waals surface area contributed by atoms with Gasteiger partial charge in [-0.15, -0.1) is 12.4 Å². The van der Waals surface area contributed by atoms with Crippen molar-refractivity contribution in [2.24, 2.45) is 0 Å². The summed E-state index contributed by atoms with van der Waals surface area (Å²) < 4.78 is 5.26. The molecule has 0 bridgehead atoms. The van der Waals surface area contributed by atoms with Gasteiger partial charge in [-0.1, -0.05) is 44.2 Å². The normalized spacial score (nSPS) is 17.1. The summed E-state index contributed by atoms with van der Waals surface area (Å²) in [6.45, 7) is 0.960. The monoisotopic (exact) mass is 283 g/mol. The fourth-order valence-electron chi connectivity index (χ4n) is 2.70. The first-order valence-electron chi connectivity index (χ1n) is 7.25. The maximum absolute atomic E-state index is 5.26. The van der Waals surface area contributed by atoms with Gasteiger partial charge in [-0.25, -0.2) is 0 Å². The third-order valence-electron chi connectivity index (χ3n) is 3.83. The van der Waals surface area contributed by atoms with Crippen molar-refractivity contribution in [2.75, 3.05) is 7.11 Å². The van der Waals surface area contributed by atoms with Crippen molar-refractivity contribution < 1.29 is 4.74 Å². The van der Waals surface area contributed by atoms with Crippen LogP contribution >= 0.6 is 12.4 Å². The first kappa shape index (κ1) is 16.3. The number of ether oxygens (including phenoxy) is 1. The highest BCUT2D eigenvalue weighted by molar-refractivity contribution is 5.85. The largest absolute Gasteiger partial charge is 0.497 e. The number of benzene rings is 1. The van der Waals surface area contributed by atoms with Crippen molar-refractivity contribution >= 4 is 12.4 Å². The molecule has 108 valence electrons. The number of hydrogen-bond acceptors (Lipinski definition) is 2. The molecule has 1 aromatic carbocycles. The lowest BCUT2D eigenvalue weighted by molar-refractivity contribution is 0.387. The fraction of sp³-hybridized carbons (Fsp3) is 0.625. The molecule has 0 spiro atoms. The van der Waals surface area contributed by atoms with E-state index in [0.717, 1.165) is 12.3 Å². The summed E-state index contributed by atoms with van der Waals surface area (Å²) in [5.41, 5.74) is 1.32. The van der Waals surface area contributed by atoms with E-state index in [4.69, 9.17) is 4.74 Å². The second-order valence-electron chi connectivity index (χ2n) is 5.27. The number of rotatable bonds is 4. The molecule has 1 aliphatic carbocycles. The van der Waals surface area contributed by atoms with Gasteiger partial charge in [0.1, 0.15) is 5.75 Å². The van der Waals surface area contributed by atoms with Crippen LogP contribution in [-0.4, -0.2) is 13.2 Å². The van der Waals surface area contributed by atoms with Gasteiger partial charge in [0.05, 0.1) is 7.11 Å². The van der Waals surface area contributed by atoms with E-state index in [1.807, 2.05) is 6.07 Å². The van der Waals surface area contributed by atoms with Crippen LogP contribution in [0, 0.1) is 0 Å². The Bertz CT molecular complexity index is 348. The quantitative estimate of drug-likeness (QED) is 0.888. The lowest BCUT2D eigenvalue weighted by Crippen LogP contribution is -2.29. The number of methoxy groups -OCH3 is 1. The maximum Gasteiger partial charge on any atom is 0.119 e.